The second-order valence-electron chi connectivity index (χ2n) is 21.8. The van der Waals surface area contributed by atoms with Crippen LogP contribution in [0.1, 0.15) is 16.7 Å². The predicted octanol–water partition coefficient (Wildman–Crippen LogP) is 20.1. The molecule has 0 spiro atoms. The van der Waals surface area contributed by atoms with Gasteiger partial charge in [0.1, 0.15) is 6.07 Å². The second kappa shape index (κ2) is 22.3. The summed E-state index contributed by atoms with van der Waals surface area (Å²) >= 11 is 0. The van der Waals surface area contributed by atoms with E-state index in [-0.39, 0.29) is 0 Å². The standard InChI is InChI=1S/C80H44N10/c1-84-70-29-15-13-26-62(70)54-35-40-73-67(44-54)68-45-55(63-27-14-16-30-71(63)85-2)36-41-74(68)89(73)72-31-17-28-61(69(72)49-83)56-32-37-64(80-87-78(50-18-5-3-6-19-50)86-79(88-80)51-20-7-4-8-21-51)77(46-56)90-75-38-33-52(59-24-11-9-22-57(59)47-81)42-65(75)66-43-53(34-39-76(66)90)60-25-12-10-23-58(60)48-82/h3-46H. The third-order valence-corrected chi connectivity index (χ3v) is 16.8. The molecule has 0 aliphatic rings. The molecule has 0 bridgehead atoms. The van der Waals surface area contributed by atoms with E-state index in [1.165, 1.54) is 0 Å². The molecule has 0 aliphatic carbocycles. The van der Waals surface area contributed by atoms with Gasteiger partial charge in [0.25, 0.3) is 0 Å². The van der Waals surface area contributed by atoms with E-state index in [1.54, 1.807) is 0 Å². The van der Waals surface area contributed by atoms with E-state index >= 15 is 0 Å². The van der Waals surface area contributed by atoms with Gasteiger partial charge in [-0.3, -0.25) is 0 Å². The summed E-state index contributed by atoms with van der Waals surface area (Å²) in [6, 6.07) is 94.8. The number of hydrogen-bond donors (Lipinski definition) is 0. The predicted molar refractivity (Wildman–Crippen MR) is 359 cm³/mol. The van der Waals surface area contributed by atoms with Gasteiger partial charge in [-0.15, -0.1) is 0 Å². The quantitative estimate of drug-likeness (QED) is 0.125. The maximum atomic E-state index is 11.8. The number of hydrogen-bond acceptors (Lipinski definition) is 6. The molecule has 10 nitrogen and oxygen atoms in total. The van der Waals surface area contributed by atoms with Gasteiger partial charge in [0, 0.05) is 43.8 Å². The Hall–Kier alpha value is -13.3. The van der Waals surface area contributed by atoms with Crippen molar-refractivity contribution in [2.24, 2.45) is 0 Å². The minimum Gasteiger partial charge on any atom is -0.308 e. The Bertz CT molecular complexity index is 5400. The molecule has 0 radical (unpaired) electrons. The molecule has 15 rings (SSSR count). The van der Waals surface area contributed by atoms with Crippen LogP contribution in [0.5, 0.6) is 0 Å². The first-order valence-corrected chi connectivity index (χ1v) is 29.1. The fourth-order valence-electron chi connectivity index (χ4n) is 12.6. The molecular weight excluding hydrogens is 1100 g/mol. The monoisotopic (exact) mass is 1140 g/mol. The molecule has 0 unspecified atom stereocenters. The van der Waals surface area contributed by atoms with Crippen molar-refractivity contribution in [3.05, 3.63) is 306 Å². The molecule has 0 aliphatic heterocycles. The van der Waals surface area contributed by atoms with E-state index in [0.29, 0.717) is 62.4 Å². The number of fused-ring (bicyclic) bond motifs is 6. The lowest BCUT2D eigenvalue weighted by molar-refractivity contribution is 1.06. The van der Waals surface area contributed by atoms with E-state index < -0.39 is 0 Å². The SMILES string of the molecule is [C-]#[N+]c1ccccc1-c1ccc2c(c1)c1cc(-c3ccccc3[N+]#[C-])ccc1n2-c1cccc(-c2ccc(-c3nc(-c4ccccc4)nc(-c4ccccc4)n3)c(-n3c4ccc(-c5ccccc5C#N)cc4c4cc(-c5ccccc5C#N)ccc43)c2)c1C#N. The van der Waals surface area contributed by atoms with Crippen molar-refractivity contribution in [2.45, 2.75) is 0 Å². The first-order chi connectivity index (χ1) is 44.4. The van der Waals surface area contributed by atoms with Gasteiger partial charge in [-0.25, -0.2) is 24.6 Å². The van der Waals surface area contributed by atoms with Crippen molar-refractivity contribution in [2.75, 3.05) is 0 Å². The minimum atomic E-state index is 0.426. The maximum absolute atomic E-state index is 11.8. The summed E-state index contributed by atoms with van der Waals surface area (Å²) in [7, 11) is 0. The fourth-order valence-corrected chi connectivity index (χ4v) is 12.6. The zero-order chi connectivity index (χ0) is 60.8. The Morgan fingerprint density at radius 2 is 0.656 bits per heavy atom. The average molecular weight is 1150 g/mol. The maximum Gasteiger partial charge on any atom is 0.194 e. The van der Waals surface area contributed by atoms with Crippen molar-refractivity contribution < 1.29 is 0 Å². The highest BCUT2D eigenvalue weighted by Gasteiger charge is 2.25. The fraction of sp³-hybridized carbons (Fsp3) is 0. The molecular formula is C80H44N10. The highest BCUT2D eigenvalue weighted by atomic mass is 15.1. The number of nitrogens with zero attached hydrogens (tertiary/aromatic N) is 10. The summed E-state index contributed by atoms with van der Waals surface area (Å²) in [5, 5.41) is 36.2. The number of aromatic nitrogens is 5. The Labute approximate surface area is 517 Å². The van der Waals surface area contributed by atoms with E-state index in [1.807, 2.05) is 200 Å². The van der Waals surface area contributed by atoms with Crippen LogP contribution in [0, 0.1) is 47.1 Å². The molecule has 0 saturated heterocycles. The van der Waals surface area contributed by atoms with Crippen LogP contribution in [0.3, 0.4) is 0 Å². The summed E-state index contributed by atoms with van der Waals surface area (Å²) in [5.41, 5.74) is 17.9. The van der Waals surface area contributed by atoms with Crippen molar-refractivity contribution in [3.63, 3.8) is 0 Å². The molecule has 3 aromatic heterocycles. The number of rotatable bonds is 10. The molecule has 3 heterocycles. The lowest BCUT2D eigenvalue weighted by atomic mass is 9.96. The summed E-state index contributed by atoms with van der Waals surface area (Å²) in [6.45, 7) is 16.1. The molecule has 10 heteroatoms. The first-order valence-electron chi connectivity index (χ1n) is 29.1. The van der Waals surface area contributed by atoms with Gasteiger partial charge in [0.15, 0.2) is 28.8 Å². The highest BCUT2D eigenvalue weighted by molar-refractivity contribution is 6.14. The van der Waals surface area contributed by atoms with Gasteiger partial charge in [-0.05, 0) is 129 Å². The molecule has 414 valence electrons. The van der Waals surface area contributed by atoms with Crippen LogP contribution in [0.4, 0.5) is 11.4 Å². The summed E-state index contributed by atoms with van der Waals surface area (Å²) in [4.78, 5) is 23.4. The zero-order valence-corrected chi connectivity index (χ0v) is 47.9. The van der Waals surface area contributed by atoms with Crippen LogP contribution in [0.15, 0.2) is 267 Å². The van der Waals surface area contributed by atoms with Crippen LogP contribution in [-0.2, 0) is 0 Å². The topological polar surface area (TPSA) is 129 Å². The van der Waals surface area contributed by atoms with Gasteiger partial charge in [-0.1, -0.05) is 188 Å². The van der Waals surface area contributed by atoms with E-state index in [9.17, 15) is 15.8 Å². The normalized spacial score (nSPS) is 11.1. The first kappa shape index (κ1) is 53.4. The minimum absolute atomic E-state index is 0.426. The van der Waals surface area contributed by atoms with Crippen LogP contribution in [0.25, 0.3) is 154 Å². The molecule has 15 aromatic rings. The smallest absolute Gasteiger partial charge is 0.194 e. The number of benzene rings is 12. The van der Waals surface area contributed by atoms with Gasteiger partial charge in [0.05, 0.1) is 75.4 Å². The zero-order valence-electron chi connectivity index (χ0n) is 47.9. The molecule has 0 atom stereocenters. The molecule has 90 heavy (non-hydrogen) atoms. The summed E-state index contributed by atoms with van der Waals surface area (Å²) in [5.74, 6) is 1.42. The lowest BCUT2D eigenvalue weighted by Crippen LogP contribution is -2.04. The van der Waals surface area contributed by atoms with Crippen molar-refractivity contribution in [3.8, 4) is 119 Å². The summed E-state index contributed by atoms with van der Waals surface area (Å²) < 4.78 is 4.38. The van der Waals surface area contributed by atoms with E-state index in [4.69, 9.17) is 28.1 Å². The van der Waals surface area contributed by atoms with Crippen molar-refractivity contribution >= 4 is 55.0 Å². The Kier molecular flexibility index (Phi) is 13.2. The van der Waals surface area contributed by atoms with Gasteiger partial charge in [-0.2, -0.15) is 15.8 Å². The largest absolute Gasteiger partial charge is 0.308 e. The molecule has 12 aromatic carbocycles. The van der Waals surface area contributed by atoms with Crippen LogP contribution < -0.4 is 0 Å². The van der Waals surface area contributed by atoms with Crippen LogP contribution >= 0.6 is 0 Å². The average Bonchev–Trinajstić information content (AvgIpc) is 1.58. The van der Waals surface area contributed by atoms with Gasteiger partial charge in [0.2, 0.25) is 0 Å². The Balaban J connectivity index is 1.00. The lowest BCUT2D eigenvalue weighted by Gasteiger charge is -2.18. The summed E-state index contributed by atoms with van der Waals surface area (Å²) in [6.07, 6.45) is 0. The number of para-hydroxylation sites is 2. The van der Waals surface area contributed by atoms with Gasteiger partial charge >= 0.3 is 0 Å². The molecule has 0 amide bonds. The highest BCUT2D eigenvalue weighted by Crippen LogP contribution is 2.45. The third-order valence-electron chi connectivity index (χ3n) is 16.8. The van der Waals surface area contributed by atoms with E-state index in [0.717, 1.165) is 110 Å². The van der Waals surface area contributed by atoms with Gasteiger partial charge < -0.3 is 9.13 Å². The Morgan fingerprint density at radius 1 is 0.289 bits per heavy atom. The number of nitriles is 3. The van der Waals surface area contributed by atoms with Crippen LogP contribution in [0.2, 0.25) is 0 Å². The van der Waals surface area contributed by atoms with Crippen molar-refractivity contribution in [1.29, 1.82) is 15.8 Å². The van der Waals surface area contributed by atoms with Crippen molar-refractivity contribution in [1.82, 2.24) is 24.1 Å². The Morgan fingerprint density at radius 3 is 1.10 bits per heavy atom. The molecule has 0 saturated carbocycles. The molecule has 0 fully saturated rings. The third kappa shape index (κ3) is 9.05. The second-order valence-corrected chi connectivity index (χ2v) is 21.8. The van der Waals surface area contributed by atoms with E-state index in [2.05, 4.69) is 104 Å². The molecule has 0 N–H and O–H groups in total. The van der Waals surface area contributed by atoms with Crippen LogP contribution in [-0.4, -0.2) is 24.1 Å².